The van der Waals surface area contributed by atoms with E-state index in [9.17, 15) is 0 Å². The summed E-state index contributed by atoms with van der Waals surface area (Å²) in [5.74, 6) is 2.71. The first-order valence-electron chi connectivity index (χ1n) is 7.01. The summed E-state index contributed by atoms with van der Waals surface area (Å²) >= 11 is 0. The lowest BCUT2D eigenvalue weighted by atomic mass is 10.1. The standard InChI is InChI=1S/C14H24N4O2/c1-11-4-5-13(20-11)12(10-17-14(15-2)16-3)18-6-8-19-9-7-18/h4-5,12H,6-10H2,1-3H3,(H2,15,16,17). The number of guanidine groups is 1. The minimum absolute atomic E-state index is 0.192. The van der Waals surface area contributed by atoms with Crippen molar-refractivity contribution >= 4 is 5.96 Å². The summed E-state index contributed by atoms with van der Waals surface area (Å²) in [5, 5.41) is 6.35. The molecule has 1 aliphatic heterocycles. The van der Waals surface area contributed by atoms with Gasteiger partial charge in [0.25, 0.3) is 0 Å². The van der Waals surface area contributed by atoms with Crippen molar-refractivity contribution in [3.05, 3.63) is 23.7 Å². The fraction of sp³-hybridized carbons (Fsp3) is 0.643. The number of aryl methyl sites for hydroxylation is 1. The molecule has 20 heavy (non-hydrogen) atoms. The van der Waals surface area contributed by atoms with Crippen LogP contribution in [0.2, 0.25) is 0 Å². The van der Waals surface area contributed by atoms with E-state index < -0.39 is 0 Å². The summed E-state index contributed by atoms with van der Waals surface area (Å²) in [6, 6.07) is 4.26. The summed E-state index contributed by atoms with van der Waals surface area (Å²) in [5.41, 5.74) is 0. The topological polar surface area (TPSA) is 62.0 Å². The van der Waals surface area contributed by atoms with E-state index >= 15 is 0 Å². The highest BCUT2D eigenvalue weighted by Crippen LogP contribution is 2.23. The molecule has 1 unspecified atom stereocenters. The van der Waals surface area contributed by atoms with E-state index in [-0.39, 0.29) is 6.04 Å². The van der Waals surface area contributed by atoms with Gasteiger partial charge in [0.15, 0.2) is 5.96 Å². The quantitative estimate of drug-likeness (QED) is 0.630. The highest BCUT2D eigenvalue weighted by molar-refractivity contribution is 5.79. The fourth-order valence-corrected chi connectivity index (χ4v) is 2.40. The van der Waals surface area contributed by atoms with Crippen molar-refractivity contribution < 1.29 is 9.15 Å². The van der Waals surface area contributed by atoms with Crippen LogP contribution in [0.4, 0.5) is 0 Å². The maximum atomic E-state index is 5.82. The number of furan rings is 1. The summed E-state index contributed by atoms with van der Waals surface area (Å²) in [6.07, 6.45) is 0. The molecular weight excluding hydrogens is 256 g/mol. The molecule has 1 aromatic heterocycles. The molecule has 0 spiro atoms. The second kappa shape index (κ2) is 7.31. The van der Waals surface area contributed by atoms with Gasteiger partial charge in [0.1, 0.15) is 11.5 Å². The normalized spacial score (nSPS) is 18.9. The van der Waals surface area contributed by atoms with Crippen LogP contribution in [0, 0.1) is 6.92 Å². The maximum absolute atomic E-state index is 5.82. The number of rotatable bonds is 4. The van der Waals surface area contributed by atoms with Crippen molar-refractivity contribution in [2.45, 2.75) is 13.0 Å². The Morgan fingerprint density at radius 3 is 2.70 bits per heavy atom. The first-order chi connectivity index (χ1) is 9.74. The van der Waals surface area contributed by atoms with Crippen molar-refractivity contribution in [3.8, 4) is 0 Å². The number of morpholine rings is 1. The van der Waals surface area contributed by atoms with E-state index in [4.69, 9.17) is 9.15 Å². The average molecular weight is 280 g/mol. The molecule has 0 bridgehead atoms. The third kappa shape index (κ3) is 3.74. The van der Waals surface area contributed by atoms with E-state index in [2.05, 4.69) is 26.6 Å². The van der Waals surface area contributed by atoms with Crippen LogP contribution in [0.1, 0.15) is 17.6 Å². The SMILES string of the molecule is CN=C(NC)NCC(c1ccc(C)o1)N1CCOCC1. The molecule has 0 radical (unpaired) electrons. The van der Waals surface area contributed by atoms with E-state index in [1.54, 1.807) is 7.05 Å². The number of nitrogens with one attached hydrogen (secondary N) is 2. The van der Waals surface area contributed by atoms with Crippen molar-refractivity contribution in [1.82, 2.24) is 15.5 Å². The van der Waals surface area contributed by atoms with Gasteiger partial charge in [-0.05, 0) is 19.1 Å². The van der Waals surface area contributed by atoms with Crippen molar-refractivity contribution in [1.29, 1.82) is 0 Å². The van der Waals surface area contributed by atoms with E-state index in [1.165, 1.54) is 0 Å². The number of ether oxygens (including phenoxy) is 1. The van der Waals surface area contributed by atoms with Crippen molar-refractivity contribution in [2.24, 2.45) is 4.99 Å². The van der Waals surface area contributed by atoms with Crippen LogP contribution in [-0.2, 0) is 4.74 Å². The molecule has 2 N–H and O–H groups in total. The zero-order chi connectivity index (χ0) is 14.4. The van der Waals surface area contributed by atoms with Crippen molar-refractivity contribution in [3.63, 3.8) is 0 Å². The molecule has 1 fully saturated rings. The summed E-state index contributed by atoms with van der Waals surface area (Å²) in [6.45, 7) is 6.11. The average Bonchev–Trinajstić information content (AvgIpc) is 2.91. The lowest BCUT2D eigenvalue weighted by Gasteiger charge is -2.33. The van der Waals surface area contributed by atoms with E-state index in [1.807, 2.05) is 20.0 Å². The number of aliphatic imine (C=N–C) groups is 1. The Morgan fingerprint density at radius 2 is 2.15 bits per heavy atom. The zero-order valence-corrected chi connectivity index (χ0v) is 12.5. The van der Waals surface area contributed by atoms with Crippen LogP contribution in [0.15, 0.2) is 21.5 Å². The third-order valence-corrected chi connectivity index (χ3v) is 3.50. The Labute approximate surface area is 120 Å². The summed E-state index contributed by atoms with van der Waals surface area (Å²) in [7, 11) is 3.62. The molecule has 2 heterocycles. The molecule has 1 aliphatic rings. The van der Waals surface area contributed by atoms with Gasteiger partial charge < -0.3 is 19.8 Å². The number of nitrogens with zero attached hydrogens (tertiary/aromatic N) is 2. The van der Waals surface area contributed by atoms with Crippen LogP contribution in [-0.4, -0.2) is 57.8 Å². The molecule has 6 nitrogen and oxygen atoms in total. The highest BCUT2D eigenvalue weighted by atomic mass is 16.5. The fourth-order valence-electron chi connectivity index (χ4n) is 2.40. The summed E-state index contributed by atoms with van der Waals surface area (Å²) in [4.78, 5) is 6.53. The zero-order valence-electron chi connectivity index (χ0n) is 12.5. The smallest absolute Gasteiger partial charge is 0.190 e. The van der Waals surface area contributed by atoms with Gasteiger partial charge in [0.05, 0.1) is 19.3 Å². The molecule has 1 saturated heterocycles. The van der Waals surface area contributed by atoms with Gasteiger partial charge >= 0.3 is 0 Å². The molecule has 0 amide bonds. The largest absolute Gasteiger partial charge is 0.465 e. The molecule has 1 aromatic rings. The number of hydrogen-bond donors (Lipinski definition) is 2. The second-order valence-corrected chi connectivity index (χ2v) is 4.82. The van der Waals surface area contributed by atoms with Crippen molar-refractivity contribution in [2.75, 3.05) is 46.9 Å². The van der Waals surface area contributed by atoms with Gasteiger partial charge in [-0.2, -0.15) is 0 Å². The monoisotopic (exact) mass is 280 g/mol. The Balaban J connectivity index is 2.07. The van der Waals surface area contributed by atoms with Gasteiger partial charge in [-0.15, -0.1) is 0 Å². The van der Waals surface area contributed by atoms with Gasteiger partial charge in [0.2, 0.25) is 0 Å². The lowest BCUT2D eigenvalue weighted by Crippen LogP contribution is -2.45. The predicted octanol–water partition coefficient (Wildman–Crippen LogP) is 0.756. The van der Waals surface area contributed by atoms with Gasteiger partial charge in [-0.1, -0.05) is 0 Å². The minimum atomic E-state index is 0.192. The van der Waals surface area contributed by atoms with Gasteiger partial charge in [-0.3, -0.25) is 9.89 Å². The van der Waals surface area contributed by atoms with Crippen LogP contribution < -0.4 is 10.6 Å². The Morgan fingerprint density at radius 1 is 1.40 bits per heavy atom. The lowest BCUT2D eigenvalue weighted by molar-refractivity contribution is 0.0124. The predicted molar refractivity (Wildman–Crippen MR) is 79.0 cm³/mol. The molecule has 0 saturated carbocycles. The van der Waals surface area contributed by atoms with Gasteiger partial charge in [-0.25, -0.2) is 0 Å². The first-order valence-corrected chi connectivity index (χ1v) is 7.01. The molecule has 2 rings (SSSR count). The molecule has 112 valence electrons. The Hall–Kier alpha value is -1.53. The van der Waals surface area contributed by atoms with Crippen LogP contribution >= 0.6 is 0 Å². The molecule has 1 atom stereocenters. The highest BCUT2D eigenvalue weighted by Gasteiger charge is 2.25. The number of hydrogen-bond acceptors (Lipinski definition) is 4. The summed E-state index contributed by atoms with van der Waals surface area (Å²) < 4.78 is 11.2. The van der Waals surface area contributed by atoms with E-state index in [0.717, 1.165) is 50.3 Å². The molecule has 6 heteroatoms. The molecular formula is C14H24N4O2. The van der Waals surface area contributed by atoms with Gasteiger partial charge in [0, 0.05) is 33.7 Å². The maximum Gasteiger partial charge on any atom is 0.190 e. The third-order valence-electron chi connectivity index (χ3n) is 3.50. The Bertz CT molecular complexity index is 438. The first kappa shape index (κ1) is 14.9. The van der Waals surface area contributed by atoms with Crippen LogP contribution in [0.25, 0.3) is 0 Å². The van der Waals surface area contributed by atoms with Crippen LogP contribution in [0.5, 0.6) is 0 Å². The Kier molecular flexibility index (Phi) is 5.43. The second-order valence-electron chi connectivity index (χ2n) is 4.82. The van der Waals surface area contributed by atoms with E-state index in [0.29, 0.717) is 0 Å². The van der Waals surface area contributed by atoms with Crippen LogP contribution in [0.3, 0.4) is 0 Å². The molecule has 0 aliphatic carbocycles. The molecule has 0 aromatic carbocycles. The minimum Gasteiger partial charge on any atom is -0.465 e.